The van der Waals surface area contributed by atoms with E-state index in [4.69, 9.17) is 0 Å². The highest BCUT2D eigenvalue weighted by Crippen LogP contribution is 2.44. The van der Waals surface area contributed by atoms with Gasteiger partial charge in [-0.05, 0) is 61.7 Å². The molecule has 2 fully saturated rings. The molecule has 132 valence electrons. The van der Waals surface area contributed by atoms with E-state index in [9.17, 15) is 14.7 Å². The number of carbonyl (C=O) groups is 2. The number of piperidine rings is 1. The zero-order valence-electron chi connectivity index (χ0n) is 14.5. The van der Waals surface area contributed by atoms with Crippen molar-refractivity contribution in [2.75, 3.05) is 19.6 Å². The highest BCUT2D eigenvalue weighted by atomic mass is 32.1. The molecule has 6 heteroatoms. The number of rotatable bonds is 4. The Balaban J connectivity index is 1.63. The Labute approximate surface area is 147 Å². The average Bonchev–Trinajstić information content (AvgIpc) is 3.14. The molecule has 1 spiro atoms. The Bertz CT molecular complexity index is 620. The molecule has 3 heterocycles. The Morgan fingerprint density at radius 3 is 2.62 bits per heavy atom. The number of carbonyl (C=O) groups excluding carboxylic acids is 1. The van der Waals surface area contributed by atoms with Crippen LogP contribution < -0.4 is 0 Å². The summed E-state index contributed by atoms with van der Waals surface area (Å²) in [7, 11) is 0. The topological polar surface area (TPSA) is 60.9 Å². The third-order valence-electron chi connectivity index (χ3n) is 5.67. The van der Waals surface area contributed by atoms with Gasteiger partial charge < -0.3 is 10.0 Å². The normalized spacial score (nSPS) is 23.8. The number of carboxylic acid groups (broad SMARTS) is 1. The summed E-state index contributed by atoms with van der Waals surface area (Å²) in [5.74, 6) is -0.888. The summed E-state index contributed by atoms with van der Waals surface area (Å²) < 4.78 is 0. The Morgan fingerprint density at radius 2 is 2.08 bits per heavy atom. The second-order valence-corrected chi connectivity index (χ2v) is 8.24. The minimum Gasteiger partial charge on any atom is -0.480 e. The molecule has 1 aromatic heterocycles. The molecule has 3 rings (SSSR count). The van der Waals surface area contributed by atoms with Gasteiger partial charge in [0.1, 0.15) is 6.04 Å². The van der Waals surface area contributed by atoms with Gasteiger partial charge in [-0.15, -0.1) is 11.3 Å². The van der Waals surface area contributed by atoms with Crippen molar-refractivity contribution >= 4 is 23.2 Å². The summed E-state index contributed by atoms with van der Waals surface area (Å²) in [5, 5.41) is 11.6. The van der Waals surface area contributed by atoms with Crippen molar-refractivity contribution < 1.29 is 14.7 Å². The predicted molar refractivity (Wildman–Crippen MR) is 94.0 cm³/mol. The maximum Gasteiger partial charge on any atom is 0.326 e. The molecule has 1 atom stereocenters. The lowest BCUT2D eigenvalue weighted by molar-refractivity contribution is -0.148. The Kier molecular flexibility index (Phi) is 4.97. The maximum atomic E-state index is 12.1. The first-order chi connectivity index (χ1) is 11.4. The number of carboxylic acids is 1. The van der Waals surface area contributed by atoms with E-state index in [0.717, 1.165) is 32.5 Å². The van der Waals surface area contributed by atoms with Crippen molar-refractivity contribution in [2.45, 2.75) is 52.1 Å². The molecule has 0 aromatic carbocycles. The van der Waals surface area contributed by atoms with Crippen LogP contribution in [0.1, 0.15) is 43.0 Å². The zero-order valence-corrected chi connectivity index (χ0v) is 15.3. The summed E-state index contributed by atoms with van der Waals surface area (Å²) in [4.78, 5) is 29.2. The highest BCUT2D eigenvalue weighted by molar-refractivity contribution is 7.10. The minimum atomic E-state index is -0.856. The van der Waals surface area contributed by atoms with Gasteiger partial charge >= 0.3 is 5.97 Å². The van der Waals surface area contributed by atoms with E-state index in [1.165, 1.54) is 10.4 Å². The first-order valence-electron chi connectivity index (χ1n) is 8.72. The molecule has 1 aromatic rings. The van der Waals surface area contributed by atoms with Gasteiger partial charge in [0.15, 0.2) is 0 Å². The van der Waals surface area contributed by atoms with Gasteiger partial charge in [0.25, 0.3) is 0 Å². The first-order valence-corrected chi connectivity index (χ1v) is 9.60. The number of nitrogens with zero attached hydrogens (tertiary/aromatic N) is 2. The summed E-state index contributed by atoms with van der Waals surface area (Å²) >= 11 is 1.81. The third-order valence-corrected chi connectivity index (χ3v) is 6.68. The first kappa shape index (κ1) is 17.4. The zero-order chi connectivity index (χ0) is 17.3. The van der Waals surface area contributed by atoms with Crippen molar-refractivity contribution in [3.8, 4) is 0 Å². The van der Waals surface area contributed by atoms with Crippen molar-refractivity contribution in [2.24, 2.45) is 5.41 Å². The molecule has 2 aliphatic heterocycles. The van der Waals surface area contributed by atoms with E-state index in [1.807, 2.05) is 0 Å². The number of aryl methyl sites for hydroxylation is 1. The molecule has 1 N–H and O–H groups in total. The average molecular weight is 350 g/mol. The fraction of sp³-hybridized carbons (Fsp3) is 0.667. The van der Waals surface area contributed by atoms with Crippen LogP contribution in [0.2, 0.25) is 0 Å². The number of likely N-dealkylation sites (tertiary alicyclic amines) is 2. The number of thiophene rings is 1. The molecule has 0 aliphatic carbocycles. The van der Waals surface area contributed by atoms with E-state index in [2.05, 4.69) is 23.3 Å². The minimum absolute atomic E-state index is 0.00508. The van der Waals surface area contributed by atoms with Crippen LogP contribution in [0.25, 0.3) is 0 Å². The van der Waals surface area contributed by atoms with E-state index in [1.54, 1.807) is 23.2 Å². The predicted octanol–water partition coefficient (Wildman–Crippen LogP) is 2.73. The van der Waals surface area contributed by atoms with Gasteiger partial charge in [0.05, 0.1) is 0 Å². The summed E-state index contributed by atoms with van der Waals surface area (Å²) in [6.45, 7) is 7.52. The van der Waals surface area contributed by atoms with Crippen molar-refractivity contribution in [3.63, 3.8) is 0 Å². The molecule has 24 heavy (non-hydrogen) atoms. The molecule has 2 saturated heterocycles. The number of hydrogen-bond donors (Lipinski definition) is 1. The highest BCUT2D eigenvalue weighted by Gasteiger charge is 2.49. The maximum absolute atomic E-state index is 12.1. The summed E-state index contributed by atoms with van der Waals surface area (Å²) in [5.41, 5.74) is 1.35. The molecule has 1 amide bonds. The van der Waals surface area contributed by atoms with Gasteiger partial charge in [-0.25, -0.2) is 4.79 Å². The van der Waals surface area contributed by atoms with Crippen LogP contribution >= 0.6 is 11.3 Å². The number of aliphatic carboxylic acids is 1. The van der Waals surface area contributed by atoms with Crippen LogP contribution in [0.15, 0.2) is 11.4 Å². The van der Waals surface area contributed by atoms with Crippen molar-refractivity contribution in [1.29, 1.82) is 0 Å². The van der Waals surface area contributed by atoms with E-state index >= 15 is 0 Å². The monoisotopic (exact) mass is 350 g/mol. The van der Waals surface area contributed by atoms with E-state index in [0.29, 0.717) is 19.4 Å². The molecule has 0 saturated carbocycles. The van der Waals surface area contributed by atoms with Gasteiger partial charge in [0, 0.05) is 24.4 Å². The molecule has 0 radical (unpaired) electrons. The molecule has 1 unspecified atom stereocenters. The number of amides is 1. The van der Waals surface area contributed by atoms with Gasteiger partial charge in [0.2, 0.25) is 5.91 Å². The second kappa shape index (κ2) is 6.84. The Morgan fingerprint density at radius 1 is 1.38 bits per heavy atom. The lowest BCUT2D eigenvalue weighted by Crippen LogP contribution is -2.42. The second-order valence-electron chi connectivity index (χ2n) is 7.24. The smallest absolute Gasteiger partial charge is 0.326 e. The molecule has 2 aliphatic rings. The Hall–Kier alpha value is -1.40. The molecular formula is C18H26N2O3S. The fourth-order valence-electron chi connectivity index (χ4n) is 4.06. The standard InChI is InChI=1S/C18H26N2O3S/c1-3-16(21)20-12-18(10-14(20)17(22)23)5-7-19(8-6-18)11-15-13(2)4-9-24-15/h4,9,14H,3,5-8,10-12H2,1-2H3,(H,22,23). The van der Waals surface area contributed by atoms with E-state index in [-0.39, 0.29) is 11.3 Å². The summed E-state index contributed by atoms with van der Waals surface area (Å²) in [6.07, 6.45) is 2.95. The van der Waals surface area contributed by atoms with Crippen LogP contribution in [0, 0.1) is 12.3 Å². The lowest BCUT2D eigenvalue weighted by Gasteiger charge is -2.39. The van der Waals surface area contributed by atoms with Gasteiger partial charge in [-0.1, -0.05) is 6.92 Å². The van der Waals surface area contributed by atoms with Crippen LogP contribution in [0.4, 0.5) is 0 Å². The fourth-order valence-corrected chi connectivity index (χ4v) is 5.01. The molecule has 0 bridgehead atoms. The van der Waals surface area contributed by atoms with Crippen LogP contribution in [-0.4, -0.2) is 52.5 Å². The lowest BCUT2D eigenvalue weighted by atomic mass is 9.76. The summed E-state index contributed by atoms with van der Waals surface area (Å²) in [6, 6.07) is 1.53. The quantitative estimate of drug-likeness (QED) is 0.907. The van der Waals surface area contributed by atoms with Gasteiger partial charge in [-0.2, -0.15) is 0 Å². The third kappa shape index (κ3) is 3.35. The molecule has 5 nitrogen and oxygen atoms in total. The van der Waals surface area contributed by atoms with Crippen molar-refractivity contribution in [1.82, 2.24) is 9.80 Å². The number of hydrogen-bond acceptors (Lipinski definition) is 4. The van der Waals surface area contributed by atoms with Crippen LogP contribution in [0.3, 0.4) is 0 Å². The SMILES string of the molecule is CCC(=O)N1CC2(CCN(Cc3sccc3C)CC2)CC1C(=O)O. The largest absolute Gasteiger partial charge is 0.480 e. The molecular weight excluding hydrogens is 324 g/mol. The van der Waals surface area contributed by atoms with Crippen molar-refractivity contribution in [3.05, 3.63) is 21.9 Å². The van der Waals surface area contributed by atoms with Crippen LogP contribution in [0.5, 0.6) is 0 Å². The van der Waals surface area contributed by atoms with Crippen LogP contribution in [-0.2, 0) is 16.1 Å². The van der Waals surface area contributed by atoms with Gasteiger partial charge in [-0.3, -0.25) is 9.69 Å². The van der Waals surface area contributed by atoms with E-state index < -0.39 is 12.0 Å².